The molecular formula is C57H99NO8P+. The largest absolute Gasteiger partial charge is 0.472 e. The fourth-order valence-corrected chi connectivity index (χ4v) is 7.50. The number of hydrogen-bond acceptors (Lipinski definition) is 7. The predicted octanol–water partition coefficient (Wildman–Crippen LogP) is 16.1. The molecule has 0 saturated carbocycles. The van der Waals surface area contributed by atoms with Crippen LogP contribution in [0.15, 0.2) is 97.2 Å². The number of allylic oxidation sites excluding steroid dienone is 16. The Morgan fingerprint density at radius 2 is 0.851 bits per heavy atom. The second-order valence-corrected chi connectivity index (χ2v) is 20.0. The number of phosphoric ester groups is 1. The van der Waals surface area contributed by atoms with E-state index in [1.807, 2.05) is 21.1 Å². The molecule has 0 radical (unpaired) electrons. The number of quaternary nitrogens is 1. The Morgan fingerprint density at radius 1 is 0.478 bits per heavy atom. The summed E-state index contributed by atoms with van der Waals surface area (Å²) in [5.41, 5.74) is 0. The molecule has 0 fully saturated rings. The normalized spacial score (nSPS) is 14.2. The van der Waals surface area contributed by atoms with E-state index in [4.69, 9.17) is 18.5 Å². The van der Waals surface area contributed by atoms with E-state index in [9.17, 15) is 19.0 Å². The van der Waals surface area contributed by atoms with Crippen molar-refractivity contribution in [1.82, 2.24) is 0 Å². The molecule has 0 aliphatic carbocycles. The Bertz CT molecular complexity index is 1450. The number of carbonyl (C=O) groups excluding carboxylic acids is 2. The van der Waals surface area contributed by atoms with Crippen LogP contribution in [0.4, 0.5) is 0 Å². The minimum absolute atomic E-state index is 0.0258. The van der Waals surface area contributed by atoms with E-state index in [0.29, 0.717) is 17.4 Å². The van der Waals surface area contributed by atoms with Gasteiger partial charge in [0.25, 0.3) is 0 Å². The minimum atomic E-state index is -4.38. The van der Waals surface area contributed by atoms with Gasteiger partial charge in [0.05, 0.1) is 27.7 Å². The summed E-state index contributed by atoms with van der Waals surface area (Å²) < 4.78 is 34.4. The third-order valence-electron chi connectivity index (χ3n) is 10.8. The molecule has 0 aliphatic heterocycles. The van der Waals surface area contributed by atoms with Crippen molar-refractivity contribution < 1.29 is 42.1 Å². The molecule has 9 nitrogen and oxygen atoms in total. The number of nitrogens with zero attached hydrogens (tertiary/aromatic N) is 1. The van der Waals surface area contributed by atoms with Crippen LogP contribution in [0.2, 0.25) is 0 Å². The van der Waals surface area contributed by atoms with Gasteiger partial charge in [0, 0.05) is 12.8 Å². The third-order valence-corrected chi connectivity index (χ3v) is 11.8. The lowest BCUT2D eigenvalue weighted by Gasteiger charge is -2.24. The maximum Gasteiger partial charge on any atom is 0.472 e. The first-order chi connectivity index (χ1) is 32.5. The number of ether oxygens (including phenoxy) is 2. The lowest BCUT2D eigenvalue weighted by molar-refractivity contribution is -0.870. The molecule has 0 rings (SSSR count). The highest BCUT2D eigenvalue weighted by Crippen LogP contribution is 2.43. The van der Waals surface area contributed by atoms with Crippen molar-refractivity contribution in [1.29, 1.82) is 0 Å². The molecule has 0 bridgehead atoms. The molecule has 0 spiro atoms. The quantitative estimate of drug-likeness (QED) is 0.0211. The summed E-state index contributed by atoms with van der Waals surface area (Å²) in [4.78, 5) is 35.4. The fraction of sp³-hybridized carbons (Fsp3) is 0.684. The van der Waals surface area contributed by atoms with Crippen molar-refractivity contribution >= 4 is 19.8 Å². The Balaban J connectivity index is 4.10. The maximum atomic E-state index is 12.7. The highest BCUT2D eigenvalue weighted by Gasteiger charge is 2.27. The summed E-state index contributed by atoms with van der Waals surface area (Å²) in [6.45, 7) is 4.22. The smallest absolute Gasteiger partial charge is 0.462 e. The number of unbranched alkanes of at least 4 members (excludes halogenated alkanes) is 17. The second-order valence-electron chi connectivity index (χ2n) is 18.5. The summed E-state index contributed by atoms with van der Waals surface area (Å²) in [7, 11) is 1.46. The van der Waals surface area contributed by atoms with Gasteiger partial charge in [-0.1, -0.05) is 195 Å². The van der Waals surface area contributed by atoms with Crippen molar-refractivity contribution in [2.45, 2.75) is 206 Å². The van der Waals surface area contributed by atoms with Gasteiger partial charge in [-0.2, -0.15) is 0 Å². The Kier molecular flexibility index (Phi) is 45.8. The zero-order chi connectivity index (χ0) is 49.2. The van der Waals surface area contributed by atoms with Crippen LogP contribution in [0, 0.1) is 0 Å². The van der Waals surface area contributed by atoms with E-state index in [2.05, 4.69) is 111 Å². The molecule has 0 aliphatic rings. The maximum absolute atomic E-state index is 12.7. The van der Waals surface area contributed by atoms with Gasteiger partial charge in [0.2, 0.25) is 0 Å². The zero-order valence-electron chi connectivity index (χ0n) is 43.3. The Hall–Kier alpha value is -3.07. The van der Waals surface area contributed by atoms with Crippen LogP contribution in [0.3, 0.4) is 0 Å². The Labute approximate surface area is 411 Å². The summed E-state index contributed by atoms with van der Waals surface area (Å²) in [6.07, 6.45) is 64.8. The molecule has 0 saturated heterocycles. The number of hydrogen-bond donors (Lipinski definition) is 1. The average Bonchev–Trinajstić information content (AvgIpc) is 3.29. The summed E-state index contributed by atoms with van der Waals surface area (Å²) in [6, 6.07) is 0. The molecule has 384 valence electrons. The average molecular weight is 957 g/mol. The molecule has 2 unspecified atom stereocenters. The van der Waals surface area contributed by atoms with E-state index in [1.165, 1.54) is 51.4 Å². The minimum Gasteiger partial charge on any atom is -0.462 e. The van der Waals surface area contributed by atoms with Gasteiger partial charge in [-0.3, -0.25) is 18.6 Å². The lowest BCUT2D eigenvalue weighted by Crippen LogP contribution is -2.37. The number of rotatable bonds is 47. The molecular weight excluding hydrogens is 858 g/mol. The molecule has 10 heteroatoms. The summed E-state index contributed by atoms with van der Waals surface area (Å²) in [5.74, 6) is -0.820. The molecule has 0 aromatic carbocycles. The molecule has 0 heterocycles. The number of carbonyl (C=O) groups is 2. The standard InChI is InChI=1S/C57H98NO8P/c1-6-8-10-12-14-16-18-19-20-21-22-23-24-25-26-27-28-29-30-31-32-33-34-35-36-37-38-39-40-42-44-46-48-50-57(60)66-55(54-65-67(61,62)64-52-51-58(3,4)5)53-63-56(59)49-47-45-43-41-17-15-13-11-9-7-2/h8,10-11,13-14,16,19-20,22-23,25-26,28-29,31-32,55H,6-7,9,12,15,17-18,21,24,27,30,33-54H2,1-5H3/p+1/b10-8-,13-11-,16-14-,20-19-,23-22-,26-25-,29-28-,32-31-. The van der Waals surface area contributed by atoms with Gasteiger partial charge in [0.1, 0.15) is 19.8 Å². The van der Waals surface area contributed by atoms with Crippen LogP contribution in [-0.4, -0.2) is 74.9 Å². The van der Waals surface area contributed by atoms with Crippen molar-refractivity contribution in [2.75, 3.05) is 47.5 Å². The van der Waals surface area contributed by atoms with Crippen LogP contribution >= 0.6 is 7.82 Å². The molecule has 2 atom stereocenters. The van der Waals surface area contributed by atoms with Crippen LogP contribution in [0.5, 0.6) is 0 Å². The topological polar surface area (TPSA) is 108 Å². The molecule has 67 heavy (non-hydrogen) atoms. The third kappa shape index (κ3) is 52.2. The molecule has 0 aromatic heterocycles. The van der Waals surface area contributed by atoms with E-state index >= 15 is 0 Å². The Morgan fingerprint density at radius 3 is 1.28 bits per heavy atom. The van der Waals surface area contributed by atoms with E-state index in [1.54, 1.807) is 0 Å². The first-order valence-corrected chi connectivity index (χ1v) is 28.0. The number of likely N-dealkylation sites (N-methyl/N-ethyl adjacent to an activating group) is 1. The summed E-state index contributed by atoms with van der Waals surface area (Å²) >= 11 is 0. The van der Waals surface area contributed by atoms with Gasteiger partial charge < -0.3 is 18.9 Å². The van der Waals surface area contributed by atoms with Crippen LogP contribution in [0.1, 0.15) is 200 Å². The molecule has 0 amide bonds. The van der Waals surface area contributed by atoms with Gasteiger partial charge in [-0.05, 0) is 89.9 Å². The van der Waals surface area contributed by atoms with E-state index in [0.717, 1.165) is 116 Å². The highest BCUT2D eigenvalue weighted by molar-refractivity contribution is 7.47. The van der Waals surface area contributed by atoms with Crippen molar-refractivity contribution in [2.24, 2.45) is 0 Å². The molecule has 1 N–H and O–H groups in total. The van der Waals surface area contributed by atoms with Gasteiger partial charge in [-0.15, -0.1) is 0 Å². The highest BCUT2D eigenvalue weighted by atomic mass is 31.2. The number of phosphoric acid groups is 1. The van der Waals surface area contributed by atoms with E-state index < -0.39 is 26.5 Å². The second kappa shape index (κ2) is 48.0. The van der Waals surface area contributed by atoms with Gasteiger partial charge in [0.15, 0.2) is 6.10 Å². The van der Waals surface area contributed by atoms with Gasteiger partial charge in [-0.25, -0.2) is 4.57 Å². The van der Waals surface area contributed by atoms with Gasteiger partial charge >= 0.3 is 19.8 Å². The summed E-state index contributed by atoms with van der Waals surface area (Å²) in [5, 5.41) is 0. The van der Waals surface area contributed by atoms with Crippen LogP contribution in [0.25, 0.3) is 0 Å². The van der Waals surface area contributed by atoms with Crippen LogP contribution < -0.4 is 0 Å². The lowest BCUT2D eigenvalue weighted by atomic mass is 10.0. The first-order valence-electron chi connectivity index (χ1n) is 26.5. The monoisotopic (exact) mass is 957 g/mol. The predicted molar refractivity (Wildman–Crippen MR) is 284 cm³/mol. The van der Waals surface area contributed by atoms with Crippen molar-refractivity contribution in [3.8, 4) is 0 Å². The number of esters is 2. The van der Waals surface area contributed by atoms with Crippen molar-refractivity contribution in [3.05, 3.63) is 97.2 Å². The first kappa shape index (κ1) is 63.9. The van der Waals surface area contributed by atoms with Crippen molar-refractivity contribution in [3.63, 3.8) is 0 Å². The zero-order valence-corrected chi connectivity index (χ0v) is 44.2. The SMILES string of the molecule is CC/C=C\C/C=C\C/C=C\C/C=C\C/C=C\C/C=C\C/C=C\CCCCCCCCCCCCCC(=O)OC(COC(=O)CCCCCCC/C=C\CCC)COP(=O)(O)OCC[N+](C)(C)C. The molecule has 0 aromatic rings. The van der Waals surface area contributed by atoms with E-state index in [-0.39, 0.29) is 32.0 Å². The van der Waals surface area contributed by atoms with Crippen LogP contribution in [-0.2, 0) is 32.7 Å². The fourth-order valence-electron chi connectivity index (χ4n) is 6.76.